The van der Waals surface area contributed by atoms with Crippen LogP contribution in [0.1, 0.15) is 49.3 Å². The number of nitrogens with zero attached hydrogens (tertiary/aromatic N) is 3. The Kier molecular flexibility index (Phi) is 3.83. The number of carboxylic acid groups (broad SMARTS) is 1. The molecule has 0 bridgehead atoms. The van der Waals surface area contributed by atoms with Crippen LogP contribution >= 0.6 is 0 Å². The summed E-state index contributed by atoms with van der Waals surface area (Å²) in [4.78, 5) is 25.2. The van der Waals surface area contributed by atoms with Gasteiger partial charge in [-0.1, -0.05) is 13.8 Å². The monoisotopic (exact) mass is 279 g/mol. The Hall–Kier alpha value is -1.85. The molecule has 2 unspecified atom stereocenters. The normalized spacial score (nSPS) is 22.6. The third-order valence-electron chi connectivity index (χ3n) is 4.06. The molecule has 1 aromatic heterocycles. The van der Waals surface area contributed by atoms with Crippen LogP contribution < -0.4 is 0 Å². The number of rotatable bonds is 3. The molecule has 6 nitrogen and oxygen atoms in total. The number of amides is 1. The van der Waals surface area contributed by atoms with Gasteiger partial charge in [0.05, 0.1) is 5.92 Å². The summed E-state index contributed by atoms with van der Waals surface area (Å²) in [5.41, 5.74) is 1.39. The fraction of sp³-hybridized carbons (Fsp3) is 0.643. The van der Waals surface area contributed by atoms with Gasteiger partial charge in [-0.3, -0.25) is 14.3 Å². The quantitative estimate of drug-likeness (QED) is 0.909. The predicted molar refractivity (Wildman–Crippen MR) is 73.5 cm³/mol. The van der Waals surface area contributed by atoms with Crippen LogP contribution in [-0.2, 0) is 11.8 Å². The van der Waals surface area contributed by atoms with E-state index >= 15 is 0 Å². The van der Waals surface area contributed by atoms with Crippen molar-refractivity contribution in [1.29, 1.82) is 0 Å². The topological polar surface area (TPSA) is 75.4 Å². The summed E-state index contributed by atoms with van der Waals surface area (Å²) in [5, 5.41) is 13.4. The molecular formula is C14H21N3O3. The molecule has 110 valence electrons. The largest absolute Gasteiger partial charge is 0.481 e. The Balaban J connectivity index is 2.20. The molecule has 0 aromatic carbocycles. The van der Waals surface area contributed by atoms with Crippen LogP contribution in [0.5, 0.6) is 0 Å². The first kappa shape index (κ1) is 14.6. The standard InChI is InChI=1S/C14H21N3O3/c1-8(2)12-7-11(15-16(12)4)13(18)17-6-5-10(9(17)3)14(19)20/h7-10H,5-6H2,1-4H3,(H,19,20). The van der Waals surface area contributed by atoms with Crippen molar-refractivity contribution < 1.29 is 14.7 Å². The van der Waals surface area contributed by atoms with Gasteiger partial charge < -0.3 is 10.0 Å². The number of hydrogen-bond acceptors (Lipinski definition) is 3. The summed E-state index contributed by atoms with van der Waals surface area (Å²) in [6, 6.07) is 1.51. The van der Waals surface area contributed by atoms with Crippen LogP contribution in [0.4, 0.5) is 0 Å². The SMILES string of the molecule is CC(C)c1cc(C(=O)N2CCC(C(=O)O)C2C)nn1C. The van der Waals surface area contributed by atoms with Crippen molar-refractivity contribution in [2.24, 2.45) is 13.0 Å². The van der Waals surface area contributed by atoms with Crippen LogP contribution in [0.3, 0.4) is 0 Å². The van der Waals surface area contributed by atoms with Crippen molar-refractivity contribution >= 4 is 11.9 Å². The van der Waals surface area contributed by atoms with E-state index in [4.69, 9.17) is 5.11 Å². The number of aliphatic carboxylic acids is 1. The van der Waals surface area contributed by atoms with Crippen LogP contribution in [0.15, 0.2) is 6.07 Å². The van der Waals surface area contributed by atoms with Crippen LogP contribution in [0.25, 0.3) is 0 Å². The van der Waals surface area contributed by atoms with Crippen molar-refractivity contribution in [2.45, 2.75) is 39.2 Å². The van der Waals surface area contributed by atoms with Crippen molar-refractivity contribution in [1.82, 2.24) is 14.7 Å². The highest BCUT2D eigenvalue weighted by Crippen LogP contribution is 2.26. The molecule has 1 aromatic rings. The minimum atomic E-state index is -0.836. The number of likely N-dealkylation sites (tertiary alicyclic amines) is 1. The first-order valence-electron chi connectivity index (χ1n) is 6.90. The molecule has 2 atom stereocenters. The van der Waals surface area contributed by atoms with Gasteiger partial charge in [-0.05, 0) is 25.3 Å². The highest BCUT2D eigenvalue weighted by atomic mass is 16.4. The lowest BCUT2D eigenvalue weighted by molar-refractivity contribution is -0.142. The summed E-state index contributed by atoms with van der Waals surface area (Å²) < 4.78 is 1.72. The van der Waals surface area contributed by atoms with Gasteiger partial charge in [-0.25, -0.2) is 0 Å². The van der Waals surface area contributed by atoms with Gasteiger partial charge >= 0.3 is 5.97 Å². The van der Waals surface area contributed by atoms with Crippen molar-refractivity contribution in [3.8, 4) is 0 Å². The van der Waals surface area contributed by atoms with Gasteiger partial charge in [0.15, 0.2) is 5.69 Å². The van der Waals surface area contributed by atoms with Crippen LogP contribution in [0.2, 0.25) is 0 Å². The summed E-state index contributed by atoms with van der Waals surface area (Å²) >= 11 is 0. The number of hydrogen-bond donors (Lipinski definition) is 1. The molecule has 1 amide bonds. The molecular weight excluding hydrogens is 258 g/mol. The van der Waals surface area contributed by atoms with E-state index in [0.717, 1.165) is 5.69 Å². The van der Waals surface area contributed by atoms with E-state index in [0.29, 0.717) is 18.7 Å². The fourth-order valence-electron chi connectivity index (χ4n) is 2.83. The van der Waals surface area contributed by atoms with E-state index in [-0.39, 0.29) is 17.9 Å². The Bertz CT molecular complexity index is 536. The fourth-order valence-corrected chi connectivity index (χ4v) is 2.83. The van der Waals surface area contributed by atoms with E-state index < -0.39 is 11.9 Å². The molecule has 20 heavy (non-hydrogen) atoms. The molecule has 1 saturated heterocycles. The summed E-state index contributed by atoms with van der Waals surface area (Å²) in [6.07, 6.45) is 0.506. The molecule has 1 fully saturated rings. The molecule has 2 rings (SSSR count). The van der Waals surface area contributed by atoms with Crippen molar-refractivity contribution in [2.75, 3.05) is 6.54 Å². The van der Waals surface area contributed by atoms with Gasteiger partial charge in [0, 0.05) is 25.3 Å². The lowest BCUT2D eigenvalue weighted by Crippen LogP contribution is -2.37. The minimum absolute atomic E-state index is 0.177. The van der Waals surface area contributed by atoms with E-state index in [1.54, 1.807) is 22.6 Å². The third kappa shape index (κ3) is 2.42. The number of carbonyl (C=O) groups excluding carboxylic acids is 1. The summed E-state index contributed by atoms with van der Waals surface area (Å²) in [6.45, 7) is 6.36. The second-order valence-corrected chi connectivity index (χ2v) is 5.71. The molecule has 6 heteroatoms. The second kappa shape index (κ2) is 5.26. The Morgan fingerprint density at radius 2 is 2.10 bits per heavy atom. The Labute approximate surface area is 118 Å². The highest BCUT2D eigenvalue weighted by molar-refractivity contribution is 5.93. The van der Waals surface area contributed by atoms with E-state index in [2.05, 4.69) is 5.10 Å². The molecule has 1 N–H and O–H groups in total. The van der Waals surface area contributed by atoms with E-state index in [9.17, 15) is 9.59 Å². The Morgan fingerprint density at radius 1 is 1.45 bits per heavy atom. The zero-order chi connectivity index (χ0) is 15.0. The van der Waals surface area contributed by atoms with E-state index in [1.807, 2.05) is 20.9 Å². The second-order valence-electron chi connectivity index (χ2n) is 5.71. The molecule has 2 heterocycles. The number of aryl methyl sites for hydroxylation is 1. The number of carboxylic acids is 1. The first-order chi connectivity index (χ1) is 9.32. The predicted octanol–water partition coefficient (Wildman–Crippen LogP) is 1.48. The maximum atomic E-state index is 12.5. The van der Waals surface area contributed by atoms with Gasteiger partial charge in [0.25, 0.3) is 5.91 Å². The smallest absolute Gasteiger partial charge is 0.308 e. The van der Waals surface area contributed by atoms with Crippen molar-refractivity contribution in [3.05, 3.63) is 17.5 Å². The average Bonchev–Trinajstić information content (AvgIpc) is 2.91. The highest BCUT2D eigenvalue weighted by Gasteiger charge is 2.39. The zero-order valence-corrected chi connectivity index (χ0v) is 12.3. The van der Waals surface area contributed by atoms with Gasteiger partial charge in [0.1, 0.15) is 0 Å². The lowest BCUT2D eigenvalue weighted by atomic mass is 10.0. The van der Waals surface area contributed by atoms with Crippen LogP contribution in [0, 0.1) is 5.92 Å². The van der Waals surface area contributed by atoms with E-state index in [1.165, 1.54) is 0 Å². The third-order valence-corrected chi connectivity index (χ3v) is 4.06. The first-order valence-corrected chi connectivity index (χ1v) is 6.90. The maximum absolute atomic E-state index is 12.5. The molecule has 1 aliphatic heterocycles. The zero-order valence-electron chi connectivity index (χ0n) is 12.3. The van der Waals surface area contributed by atoms with Gasteiger partial charge in [-0.15, -0.1) is 0 Å². The van der Waals surface area contributed by atoms with Crippen molar-refractivity contribution in [3.63, 3.8) is 0 Å². The van der Waals surface area contributed by atoms with Crippen LogP contribution in [-0.4, -0.2) is 44.3 Å². The minimum Gasteiger partial charge on any atom is -0.481 e. The number of carbonyl (C=O) groups is 2. The van der Waals surface area contributed by atoms with Gasteiger partial charge in [0.2, 0.25) is 0 Å². The Morgan fingerprint density at radius 3 is 2.55 bits per heavy atom. The lowest BCUT2D eigenvalue weighted by Gasteiger charge is -2.22. The average molecular weight is 279 g/mol. The molecule has 0 spiro atoms. The van der Waals surface area contributed by atoms with Gasteiger partial charge in [-0.2, -0.15) is 5.10 Å². The molecule has 0 radical (unpaired) electrons. The number of aromatic nitrogens is 2. The molecule has 0 aliphatic carbocycles. The maximum Gasteiger partial charge on any atom is 0.308 e. The summed E-state index contributed by atoms with van der Waals surface area (Å²) in [7, 11) is 1.82. The molecule has 1 aliphatic rings. The molecule has 0 saturated carbocycles. The summed E-state index contributed by atoms with van der Waals surface area (Å²) in [5.74, 6) is -1.20.